The minimum Gasteiger partial charge on any atom is -0.348 e. The first kappa shape index (κ1) is 15.5. The van der Waals surface area contributed by atoms with Crippen LogP contribution in [-0.4, -0.2) is 21.9 Å². The van der Waals surface area contributed by atoms with Crippen molar-refractivity contribution in [2.24, 2.45) is 0 Å². The fourth-order valence-electron chi connectivity index (χ4n) is 2.90. The molecule has 1 aromatic carbocycles. The zero-order chi connectivity index (χ0) is 16.1. The Balaban J connectivity index is 1.72. The predicted molar refractivity (Wildman–Crippen MR) is 90.8 cm³/mol. The Bertz CT molecular complexity index is 666. The van der Waals surface area contributed by atoms with Gasteiger partial charge in [-0.25, -0.2) is 9.97 Å². The minimum absolute atomic E-state index is 0.112. The number of carbonyl (C=O) groups excluding carboxylic acids is 1. The van der Waals surface area contributed by atoms with Gasteiger partial charge in [-0.15, -0.1) is 0 Å². The molecule has 1 aromatic heterocycles. The Morgan fingerprint density at radius 2 is 1.83 bits per heavy atom. The average molecular weight is 310 g/mol. The molecule has 0 unspecified atom stereocenters. The number of hydrogen-bond donors (Lipinski definition) is 2. The van der Waals surface area contributed by atoms with E-state index in [4.69, 9.17) is 0 Å². The normalized spacial score (nSPS) is 15.2. The van der Waals surface area contributed by atoms with Gasteiger partial charge >= 0.3 is 0 Å². The number of amides is 1. The summed E-state index contributed by atoms with van der Waals surface area (Å²) in [7, 11) is 0. The maximum absolute atomic E-state index is 12.4. The van der Waals surface area contributed by atoms with Gasteiger partial charge in [-0.2, -0.15) is 0 Å². The molecule has 1 heterocycles. The largest absolute Gasteiger partial charge is 0.348 e. The standard InChI is InChI=1S/C18H22N4O/c1-13-12-16(17(23)20-14-8-4-2-5-9-14)22-18(19-13)21-15-10-6-3-7-11-15/h3,6-7,10-12,14H,2,4-5,8-9H2,1H3,(H,20,23)(H,19,21,22). The van der Waals surface area contributed by atoms with E-state index in [0.29, 0.717) is 11.6 Å². The van der Waals surface area contributed by atoms with E-state index in [-0.39, 0.29) is 11.9 Å². The number of nitrogens with one attached hydrogen (secondary N) is 2. The fourth-order valence-corrected chi connectivity index (χ4v) is 2.90. The lowest BCUT2D eigenvalue weighted by atomic mass is 9.95. The summed E-state index contributed by atoms with van der Waals surface area (Å²) in [5, 5.41) is 6.24. The Labute approximate surface area is 136 Å². The molecule has 1 amide bonds. The number of aryl methyl sites for hydroxylation is 1. The molecule has 1 saturated carbocycles. The van der Waals surface area contributed by atoms with E-state index >= 15 is 0 Å². The summed E-state index contributed by atoms with van der Waals surface area (Å²) in [6.07, 6.45) is 5.77. The summed E-state index contributed by atoms with van der Waals surface area (Å²) in [4.78, 5) is 21.2. The molecule has 1 aliphatic carbocycles. The average Bonchev–Trinajstić information content (AvgIpc) is 2.56. The first-order valence-electron chi connectivity index (χ1n) is 8.19. The highest BCUT2D eigenvalue weighted by atomic mass is 16.1. The van der Waals surface area contributed by atoms with Crippen LogP contribution in [-0.2, 0) is 0 Å². The van der Waals surface area contributed by atoms with Gasteiger partial charge in [0.15, 0.2) is 0 Å². The van der Waals surface area contributed by atoms with Gasteiger partial charge in [-0.3, -0.25) is 4.79 Å². The van der Waals surface area contributed by atoms with Crippen LogP contribution in [0.4, 0.5) is 11.6 Å². The molecule has 0 atom stereocenters. The van der Waals surface area contributed by atoms with Gasteiger partial charge in [0.25, 0.3) is 5.91 Å². The summed E-state index contributed by atoms with van der Waals surface area (Å²) < 4.78 is 0. The molecule has 0 spiro atoms. The zero-order valence-electron chi connectivity index (χ0n) is 13.4. The van der Waals surface area contributed by atoms with Crippen molar-refractivity contribution >= 4 is 17.5 Å². The Morgan fingerprint density at radius 1 is 1.09 bits per heavy atom. The molecule has 2 aromatic rings. The monoisotopic (exact) mass is 310 g/mol. The molecule has 3 rings (SSSR count). The SMILES string of the molecule is Cc1cc(C(=O)NC2CCCCC2)nc(Nc2ccccc2)n1. The summed E-state index contributed by atoms with van der Waals surface area (Å²) in [6.45, 7) is 1.87. The molecule has 23 heavy (non-hydrogen) atoms. The molecule has 120 valence electrons. The molecule has 1 fully saturated rings. The number of nitrogens with zero attached hydrogens (tertiary/aromatic N) is 2. The van der Waals surface area contributed by atoms with Crippen molar-refractivity contribution in [1.82, 2.24) is 15.3 Å². The lowest BCUT2D eigenvalue weighted by molar-refractivity contribution is 0.0922. The van der Waals surface area contributed by atoms with Crippen molar-refractivity contribution in [3.8, 4) is 0 Å². The van der Waals surface area contributed by atoms with Crippen molar-refractivity contribution in [1.29, 1.82) is 0 Å². The maximum atomic E-state index is 12.4. The molecule has 0 radical (unpaired) electrons. The third-order valence-corrected chi connectivity index (χ3v) is 4.06. The Hall–Kier alpha value is -2.43. The van der Waals surface area contributed by atoms with Gasteiger partial charge in [0.05, 0.1) is 0 Å². The van der Waals surface area contributed by atoms with Crippen LogP contribution in [0.15, 0.2) is 36.4 Å². The summed E-state index contributed by atoms with van der Waals surface area (Å²) >= 11 is 0. The van der Waals surface area contributed by atoms with Gasteiger partial charge in [0.1, 0.15) is 5.69 Å². The highest BCUT2D eigenvalue weighted by molar-refractivity contribution is 5.92. The number of benzene rings is 1. The van der Waals surface area contributed by atoms with Crippen LogP contribution < -0.4 is 10.6 Å². The van der Waals surface area contributed by atoms with Crippen molar-refractivity contribution in [2.75, 3.05) is 5.32 Å². The number of aromatic nitrogens is 2. The van der Waals surface area contributed by atoms with Crippen LogP contribution in [0.2, 0.25) is 0 Å². The van der Waals surface area contributed by atoms with Crippen molar-refractivity contribution < 1.29 is 4.79 Å². The van der Waals surface area contributed by atoms with Crippen molar-refractivity contribution in [3.63, 3.8) is 0 Å². The first-order valence-corrected chi connectivity index (χ1v) is 8.19. The summed E-state index contributed by atoms with van der Waals surface area (Å²) in [6, 6.07) is 11.7. The van der Waals surface area contributed by atoms with E-state index in [9.17, 15) is 4.79 Å². The van der Waals surface area contributed by atoms with Crippen LogP contribution in [0.1, 0.15) is 48.3 Å². The van der Waals surface area contributed by atoms with Gasteiger partial charge in [0.2, 0.25) is 5.95 Å². The van der Waals surface area contributed by atoms with Crippen LogP contribution >= 0.6 is 0 Å². The zero-order valence-corrected chi connectivity index (χ0v) is 13.4. The molecule has 5 nitrogen and oxygen atoms in total. The smallest absolute Gasteiger partial charge is 0.270 e. The Morgan fingerprint density at radius 3 is 2.57 bits per heavy atom. The van der Waals surface area contributed by atoms with E-state index < -0.39 is 0 Å². The van der Waals surface area contributed by atoms with Crippen molar-refractivity contribution in [2.45, 2.75) is 45.1 Å². The van der Waals surface area contributed by atoms with E-state index in [1.807, 2.05) is 37.3 Å². The van der Waals surface area contributed by atoms with E-state index in [2.05, 4.69) is 20.6 Å². The number of rotatable bonds is 4. The minimum atomic E-state index is -0.112. The van der Waals surface area contributed by atoms with Crippen LogP contribution in [0, 0.1) is 6.92 Å². The second-order valence-corrected chi connectivity index (χ2v) is 6.02. The van der Waals surface area contributed by atoms with Gasteiger partial charge in [-0.05, 0) is 38.0 Å². The second kappa shape index (κ2) is 7.22. The third-order valence-electron chi connectivity index (χ3n) is 4.06. The topological polar surface area (TPSA) is 66.9 Å². The molecule has 0 aliphatic heterocycles. The second-order valence-electron chi connectivity index (χ2n) is 6.02. The number of hydrogen-bond acceptors (Lipinski definition) is 4. The maximum Gasteiger partial charge on any atom is 0.270 e. The van der Waals surface area contributed by atoms with Gasteiger partial charge in [0, 0.05) is 17.4 Å². The van der Waals surface area contributed by atoms with Gasteiger partial charge < -0.3 is 10.6 Å². The highest BCUT2D eigenvalue weighted by Gasteiger charge is 2.18. The number of carbonyl (C=O) groups is 1. The molecule has 1 aliphatic rings. The molecular weight excluding hydrogens is 288 g/mol. The third kappa shape index (κ3) is 4.28. The lowest BCUT2D eigenvalue weighted by Crippen LogP contribution is -2.36. The molecule has 2 N–H and O–H groups in total. The van der Waals surface area contributed by atoms with Crippen molar-refractivity contribution in [3.05, 3.63) is 47.8 Å². The number of anilines is 2. The highest BCUT2D eigenvalue weighted by Crippen LogP contribution is 2.18. The first-order chi connectivity index (χ1) is 11.2. The van der Waals surface area contributed by atoms with Crippen LogP contribution in [0.5, 0.6) is 0 Å². The summed E-state index contributed by atoms with van der Waals surface area (Å²) in [5.74, 6) is 0.337. The molecular formula is C18H22N4O. The predicted octanol–water partition coefficient (Wildman–Crippen LogP) is 3.59. The summed E-state index contributed by atoms with van der Waals surface area (Å²) in [5.41, 5.74) is 2.09. The van der Waals surface area contributed by atoms with E-state index in [1.54, 1.807) is 6.07 Å². The number of para-hydroxylation sites is 1. The van der Waals surface area contributed by atoms with E-state index in [0.717, 1.165) is 24.2 Å². The van der Waals surface area contributed by atoms with Gasteiger partial charge in [-0.1, -0.05) is 37.5 Å². The molecule has 5 heteroatoms. The van der Waals surface area contributed by atoms with Crippen LogP contribution in [0.3, 0.4) is 0 Å². The Kier molecular flexibility index (Phi) is 4.86. The lowest BCUT2D eigenvalue weighted by Gasteiger charge is -2.22. The van der Waals surface area contributed by atoms with E-state index in [1.165, 1.54) is 19.3 Å². The molecule has 0 bridgehead atoms. The van der Waals surface area contributed by atoms with Crippen LogP contribution in [0.25, 0.3) is 0 Å². The quantitative estimate of drug-likeness (QED) is 0.905. The molecule has 0 saturated heterocycles. The fraction of sp³-hybridized carbons (Fsp3) is 0.389.